The maximum absolute atomic E-state index is 13.8. The molecule has 2 rings (SSSR count). The summed E-state index contributed by atoms with van der Waals surface area (Å²) >= 11 is 5.56. The van der Waals surface area contributed by atoms with Gasteiger partial charge in [0.2, 0.25) is 0 Å². The molecule has 1 saturated carbocycles. The quantitative estimate of drug-likeness (QED) is 0.732. The van der Waals surface area contributed by atoms with Gasteiger partial charge < -0.3 is 4.90 Å². The van der Waals surface area contributed by atoms with Crippen LogP contribution in [0, 0.1) is 11.6 Å². The van der Waals surface area contributed by atoms with Gasteiger partial charge in [-0.15, -0.1) is 11.6 Å². The number of hydrogen-bond acceptors (Lipinski definition) is 1. The summed E-state index contributed by atoms with van der Waals surface area (Å²) in [5, 5.41) is 0. The maximum atomic E-state index is 13.8. The lowest BCUT2D eigenvalue weighted by atomic mass is 10.2. The molecule has 1 nitrogen and oxygen atoms in total. The average molecular weight is 246 g/mol. The molecule has 0 heterocycles. The molecule has 0 aromatic heterocycles. The first-order valence-corrected chi connectivity index (χ1v) is 6.01. The summed E-state index contributed by atoms with van der Waals surface area (Å²) in [5.74, 6) is -0.891. The summed E-state index contributed by atoms with van der Waals surface area (Å²) in [5.41, 5.74) is 0.575. The van der Waals surface area contributed by atoms with Crippen molar-refractivity contribution in [3.05, 3.63) is 29.3 Å². The van der Waals surface area contributed by atoms with Gasteiger partial charge in [0.05, 0.1) is 0 Å². The van der Waals surface area contributed by atoms with Crippen LogP contribution in [-0.2, 0) is 5.88 Å². The zero-order valence-corrected chi connectivity index (χ0v) is 9.90. The number of anilines is 1. The number of nitrogens with zero attached hydrogens (tertiary/aromatic N) is 1. The molecule has 1 aliphatic rings. The second-order valence-corrected chi connectivity index (χ2v) is 4.33. The highest BCUT2D eigenvalue weighted by molar-refractivity contribution is 6.17. The molecule has 1 fully saturated rings. The first kappa shape index (κ1) is 11.6. The highest BCUT2D eigenvalue weighted by atomic mass is 35.5. The molecule has 1 aromatic rings. The second kappa shape index (κ2) is 4.58. The lowest BCUT2D eigenvalue weighted by Crippen LogP contribution is -2.27. The molecule has 16 heavy (non-hydrogen) atoms. The van der Waals surface area contributed by atoms with Gasteiger partial charge in [-0.25, -0.2) is 8.78 Å². The highest BCUT2D eigenvalue weighted by Gasteiger charge is 2.31. The Morgan fingerprint density at radius 2 is 1.88 bits per heavy atom. The van der Waals surface area contributed by atoms with Crippen molar-refractivity contribution in [1.29, 1.82) is 0 Å². The normalized spacial score (nSPS) is 15.2. The molecule has 0 amide bonds. The molecule has 0 saturated heterocycles. The predicted octanol–water partition coefficient (Wildman–Crippen LogP) is 3.69. The number of alkyl halides is 1. The van der Waals surface area contributed by atoms with Gasteiger partial charge in [-0.2, -0.15) is 0 Å². The first-order valence-electron chi connectivity index (χ1n) is 5.48. The van der Waals surface area contributed by atoms with Crippen LogP contribution in [0.2, 0.25) is 0 Å². The summed E-state index contributed by atoms with van der Waals surface area (Å²) in [6, 6.07) is 2.93. The summed E-state index contributed by atoms with van der Waals surface area (Å²) in [4.78, 5) is 1.79. The number of halogens is 3. The van der Waals surface area contributed by atoms with Gasteiger partial charge in [0, 0.05) is 18.5 Å². The molecule has 0 atom stereocenters. The smallest absolute Gasteiger partial charge is 0.149 e. The van der Waals surface area contributed by atoms with Gasteiger partial charge >= 0.3 is 0 Å². The fraction of sp³-hybridized carbons (Fsp3) is 0.500. The van der Waals surface area contributed by atoms with Crippen molar-refractivity contribution in [3.63, 3.8) is 0 Å². The van der Waals surface area contributed by atoms with Crippen molar-refractivity contribution in [2.75, 3.05) is 11.4 Å². The Morgan fingerprint density at radius 3 is 2.25 bits per heavy atom. The summed E-state index contributed by atoms with van der Waals surface area (Å²) in [6.07, 6.45) is 2.04. The largest absolute Gasteiger partial charge is 0.364 e. The van der Waals surface area contributed by atoms with Crippen LogP contribution in [0.1, 0.15) is 25.3 Å². The van der Waals surface area contributed by atoms with E-state index >= 15 is 0 Å². The molecule has 0 N–H and O–H groups in total. The predicted molar refractivity (Wildman–Crippen MR) is 62.0 cm³/mol. The monoisotopic (exact) mass is 245 g/mol. The summed E-state index contributed by atoms with van der Waals surface area (Å²) in [6.45, 7) is 2.53. The maximum Gasteiger partial charge on any atom is 0.149 e. The number of benzene rings is 1. The Hall–Kier alpha value is -0.830. The Labute approximate surface area is 99.0 Å². The average Bonchev–Trinajstić information content (AvgIpc) is 3.06. The highest BCUT2D eigenvalue weighted by Crippen LogP contribution is 2.35. The van der Waals surface area contributed by atoms with E-state index in [1.54, 1.807) is 4.90 Å². The van der Waals surface area contributed by atoms with Crippen molar-refractivity contribution in [3.8, 4) is 0 Å². The van der Waals surface area contributed by atoms with Crippen LogP contribution in [-0.4, -0.2) is 12.6 Å². The SMILES string of the molecule is CCN(c1c(F)cc(CCl)cc1F)C1CC1. The van der Waals surface area contributed by atoms with Gasteiger partial charge in [-0.1, -0.05) is 0 Å². The molecular formula is C12H14ClF2N. The third-order valence-corrected chi connectivity index (χ3v) is 3.16. The fourth-order valence-corrected chi connectivity index (χ4v) is 2.11. The molecule has 1 aromatic carbocycles. The second-order valence-electron chi connectivity index (χ2n) is 4.06. The zero-order valence-electron chi connectivity index (χ0n) is 9.14. The van der Waals surface area contributed by atoms with Crippen LogP contribution in [0.15, 0.2) is 12.1 Å². The van der Waals surface area contributed by atoms with Crippen molar-refractivity contribution in [1.82, 2.24) is 0 Å². The molecule has 88 valence electrons. The van der Waals surface area contributed by atoms with Gasteiger partial charge in [-0.3, -0.25) is 0 Å². The van der Waals surface area contributed by atoms with Crippen LogP contribution >= 0.6 is 11.6 Å². The first-order chi connectivity index (χ1) is 7.67. The van der Waals surface area contributed by atoms with E-state index in [1.165, 1.54) is 12.1 Å². The lowest BCUT2D eigenvalue weighted by molar-refractivity contribution is 0.569. The zero-order chi connectivity index (χ0) is 11.7. The van der Waals surface area contributed by atoms with Crippen molar-refractivity contribution < 1.29 is 8.78 Å². The third kappa shape index (κ3) is 2.14. The van der Waals surface area contributed by atoms with E-state index in [0.29, 0.717) is 18.2 Å². The van der Waals surface area contributed by atoms with E-state index in [9.17, 15) is 8.78 Å². The van der Waals surface area contributed by atoms with Gasteiger partial charge in [0.15, 0.2) is 0 Å². The van der Waals surface area contributed by atoms with E-state index in [1.807, 2.05) is 6.92 Å². The number of rotatable bonds is 4. The molecule has 1 aliphatic carbocycles. The Bertz CT molecular complexity index is 368. The van der Waals surface area contributed by atoms with Crippen LogP contribution < -0.4 is 4.90 Å². The molecule has 0 aliphatic heterocycles. The molecule has 0 bridgehead atoms. The molecule has 0 spiro atoms. The molecule has 0 radical (unpaired) electrons. The minimum atomic E-state index is -0.510. The van der Waals surface area contributed by atoms with Gasteiger partial charge in [0.1, 0.15) is 17.3 Å². The molecular weight excluding hydrogens is 232 g/mol. The van der Waals surface area contributed by atoms with Crippen molar-refractivity contribution >= 4 is 17.3 Å². The van der Waals surface area contributed by atoms with Crippen LogP contribution in [0.4, 0.5) is 14.5 Å². The third-order valence-electron chi connectivity index (χ3n) is 2.85. The Kier molecular flexibility index (Phi) is 3.33. The van der Waals surface area contributed by atoms with E-state index in [-0.39, 0.29) is 11.6 Å². The Morgan fingerprint density at radius 1 is 1.31 bits per heavy atom. The van der Waals surface area contributed by atoms with Crippen LogP contribution in [0.25, 0.3) is 0 Å². The van der Waals surface area contributed by atoms with E-state index in [0.717, 1.165) is 12.8 Å². The summed E-state index contributed by atoms with van der Waals surface area (Å²) in [7, 11) is 0. The fourth-order valence-electron chi connectivity index (χ4n) is 1.95. The van der Waals surface area contributed by atoms with Crippen molar-refractivity contribution in [2.45, 2.75) is 31.7 Å². The Balaban J connectivity index is 2.38. The van der Waals surface area contributed by atoms with E-state index < -0.39 is 11.6 Å². The lowest BCUT2D eigenvalue weighted by Gasteiger charge is -2.24. The van der Waals surface area contributed by atoms with Crippen molar-refractivity contribution in [2.24, 2.45) is 0 Å². The topological polar surface area (TPSA) is 3.24 Å². The minimum Gasteiger partial charge on any atom is -0.364 e. The number of hydrogen-bond donors (Lipinski definition) is 0. The van der Waals surface area contributed by atoms with Crippen LogP contribution in [0.5, 0.6) is 0 Å². The summed E-state index contributed by atoms with van der Waals surface area (Å²) < 4.78 is 27.6. The minimum absolute atomic E-state index is 0.0962. The molecule has 0 unspecified atom stereocenters. The van der Waals surface area contributed by atoms with Gasteiger partial charge in [-0.05, 0) is 37.5 Å². The standard InChI is InChI=1S/C12H14ClF2N/c1-2-16(9-3-4-9)12-10(14)5-8(7-13)6-11(12)15/h5-6,9H,2-4,7H2,1H3. The molecule has 4 heteroatoms. The van der Waals surface area contributed by atoms with Crippen LogP contribution in [0.3, 0.4) is 0 Å². The van der Waals surface area contributed by atoms with Gasteiger partial charge in [0.25, 0.3) is 0 Å². The van der Waals surface area contributed by atoms with E-state index in [2.05, 4.69) is 0 Å². The van der Waals surface area contributed by atoms with E-state index in [4.69, 9.17) is 11.6 Å².